The summed E-state index contributed by atoms with van der Waals surface area (Å²) in [5.74, 6) is 6.46. The lowest BCUT2D eigenvalue weighted by atomic mass is 10.2. The fourth-order valence-electron chi connectivity index (χ4n) is 2.57. The normalized spacial score (nSPS) is 10.2. The molecule has 0 unspecified atom stereocenters. The Kier molecular flexibility index (Phi) is 5.79. The largest absolute Gasteiger partial charge is 0.345 e. The van der Waals surface area contributed by atoms with Crippen LogP contribution in [-0.4, -0.2) is 22.4 Å². The van der Waals surface area contributed by atoms with Crippen LogP contribution in [0, 0.1) is 11.8 Å². The van der Waals surface area contributed by atoms with E-state index < -0.39 is 0 Å². The summed E-state index contributed by atoms with van der Waals surface area (Å²) in [6.45, 7) is 0.318. The molecule has 0 spiro atoms. The molecule has 0 aliphatic heterocycles. The lowest BCUT2D eigenvalue weighted by Crippen LogP contribution is -2.23. The van der Waals surface area contributed by atoms with Crippen molar-refractivity contribution in [1.82, 2.24) is 15.3 Å². The van der Waals surface area contributed by atoms with E-state index in [1.807, 2.05) is 48.5 Å². The summed E-state index contributed by atoms with van der Waals surface area (Å²) in [5.41, 5.74) is 1.45. The van der Waals surface area contributed by atoms with Crippen molar-refractivity contribution in [2.75, 3.05) is 6.54 Å². The Morgan fingerprint density at radius 1 is 1.08 bits per heavy atom. The van der Waals surface area contributed by atoms with Crippen molar-refractivity contribution in [2.24, 2.45) is 0 Å². The molecule has 1 aromatic heterocycles. The molecule has 0 aliphatic carbocycles. The number of rotatable bonds is 5. The van der Waals surface area contributed by atoms with Gasteiger partial charge in [0, 0.05) is 18.4 Å². The van der Waals surface area contributed by atoms with Gasteiger partial charge in [0.05, 0.1) is 17.4 Å². The van der Waals surface area contributed by atoms with Crippen molar-refractivity contribution in [3.63, 3.8) is 0 Å². The highest BCUT2D eigenvalue weighted by Crippen LogP contribution is 2.07. The summed E-state index contributed by atoms with van der Waals surface area (Å²) in [6, 6.07) is 16.8. The fourth-order valence-corrected chi connectivity index (χ4v) is 2.57. The number of carbonyl (C=O) groups is 1. The van der Waals surface area contributed by atoms with Gasteiger partial charge in [-0.3, -0.25) is 9.59 Å². The molecule has 0 saturated carbocycles. The SMILES string of the molecule is O=C(CCCc1nc2ccccc2c(=O)[nH]1)NCC#Cc1ccccc1. The lowest BCUT2D eigenvalue weighted by molar-refractivity contribution is -0.120. The second kappa shape index (κ2) is 8.63. The van der Waals surface area contributed by atoms with Crippen molar-refractivity contribution in [3.8, 4) is 11.8 Å². The minimum absolute atomic E-state index is 0.0597. The molecule has 0 saturated heterocycles. The van der Waals surface area contributed by atoms with Crippen molar-refractivity contribution >= 4 is 16.8 Å². The molecule has 5 nitrogen and oxygen atoms in total. The van der Waals surface area contributed by atoms with Crippen LogP contribution in [0.3, 0.4) is 0 Å². The average molecular weight is 345 g/mol. The zero-order valence-electron chi connectivity index (χ0n) is 14.3. The van der Waals surface area contributed by atoms with Gasteiger partial charge in [-0.25, -0.2) is 4.98 Å². The molecule has 0 bridgehead atoms. The number of carbonyl (C=O) groups excluding carboxylic acids is 1. The highest BCUT2D eigenvalue weighted by molar-refractivity contribution is 5.77. The van der Waals surface area contributed by atoms with Gasteiger partial charge in [0.15, 0.2) is 0 Å². The van der Waals surface area contributed by atoms with Crippen LogP contribution in [0.2, 0.25) is 0 Å². The van der Waals surface area contributed by atoms with Crippen LogP contribution in [0.25, 0.3) is 10.9 Å². The Labute approximate surface area is 151 Å². The van der Waals surface area contributed by atoms with E-state index in [2.05, 4.69) is 27.1 Å². The number of hydrogen-bond acceptors (Lipinski definition) is 3. The average Bonchev–Trinajstić information content (AvgIpc) is 2.66. The number of benzene rings is 2. The van der Waals surface area contributed by atoms with Crippen LogP contribution in [-0.2, 0) is 11.2 Å². The maximum Gasteiger partial charge on any atom is 0.258 e. The molecule has 3 aromatic rings. The lowest BCUT2D eigenvalue weighted by Gasteiger charge is -2.03. The summed E-state index contributed by atoms with van der Waals surface area (Å²) in [5, 5.41) is 3.35. The molecule has 0 radical (unpaired) electrons. The summed E-state index contributed by atoms with van der Waals surface area (Å²) < 4.78 is 0. The van der Waals surface area contributed by atoms with Crippen LogP contribution in [0.4, 0.5) is 0 Å². The van der Waals surface area contributed by atoms with Gasteiger partial charge in [0.2, 0.25) is 5.91 Å². The Balaban J connectivity index is 1.45. The van der Waals surface area contributed by atoms with Crippen LogP contribution in [0.5, 0.6) is 0 Å². The monoisotopic (exact) mass is 345 g/mol. The van der Waals surface area contributed by atoms with Gasteiger partial charge in [0.1, 0.15) is 5.82 Å². The Bertz CT molecular complexity index is 1010. The molecule has 130 valence electrons. The number of nitrogens with zero attached hydrogens (tertiary/aromatic N) is 1. The molecule has 3 rings (SSSR count). The smallest absolute Gasteiger partial charge is 0.258 e. The van der Waals surface area contributed by atoms with Gasteiger partial charge in [-0.05, 0) is 30.7 Å². The topological polar surface area (TPSA) is 74.8 Å². The third kappa shape index (κ3) is 4.81. The quantitative estimate of drug-likeness (QED) is 0.698. The molecule has 1 amide bonds. The number of H-pyrrole nitrogens is 1. The van der Waals surface area contributed by atoms with Crippen molar-refractivity contribution < 1.29 is 4.79 Å². The van der Waals surface area contributed by atoms with E-state index in [1.165, 1.54) is 0 Å². The van der Waals surface area contributed by atoms with Crippen LogP contribution in [0.15, 0.2) is 59.4 Å². The van der Waals surface area contributed by atoms with Gasteiger partial charge in [0.25, 0.3) is 5.56 Å². The number of aryl methyl sites for hydroxylation is 1. The first kappa shape index (κ1) is 17.4. The van der Waals surface area contributed by atoms with E-state index in [9.17, 15) is 9.59 Å². The third-order valence-corrected chi connectivity index (χ3v) is 3.86. The molecule has 0 aliphatic rings. The molecule has 1 heterocycles. The van der Waals surface area contributed by atoms with E-state index >= 15 is 0 Å². The van der Waals surface area contributed by atoms with Gasteiger partial charge in [-0.15, -0.1) is 0 Å². The van der Waals surface area contributed by atoms with E-state index in [4.69, 9.17) is 0 Å². The van der Waals surface area contributed by atoms with Gasteiger partial charge < -0.3 is 10.3 Å². The van der Waals surface area contributed by atoms with Crippen molar-refractivity contribution in [2.45, 2.75) is 19.3 Å². The van der Waals surface area contributed by atoms with Crippen molar-refractivity contribution in [3.05, 3.63) is 76.3 Å². The van der Waals surface area contributed by atoms with Gasteiger partial charge in [-0.2, -0.15) is 0 Å². The first-order valence-electron chi connectivity index (χ1n) is 8.51. The van der Waals surface area contributed by atoms with Crippen LogP contribution in [0.1, 0.15) is 24.2 Å². The number of nitrogens with one attached hydrogen (secondary N) is 2. The van der Waals surface area contributed by atoms with Gasteiger partial charge in [-0.1, -0.05) is 42.2 Å². The maximum atomic E-state index is 12.0. The predicted octanol–water partition coefficient (Wildman–Crippen LogP) is 2.41. The Hall–Kier alpha value is -3.39. The maximum absolute atomic E-state index is 12.0. The molecule has 2 N–H and O–H groups in total. The second-order valence-corrected chi connectivity index (χ2v) is 5.83. The minimum Gasteiger partial charge on any atom is -0.345 e. The molecule has 0 fully saturated rings. The van der Waals surface area contributed by atoms with E-state index in [-0.39, 0.29) is 11.5 Å². The molecule has 26 heavy (non-hydrogen) atoms. The van der Waals surface area contributed by atoms with Crippen molar-refractivity contribution in [1.29, 1.82) is 0 Å². The highest BCUT2D eigenvalue weighted by Gasteiger charge is 2.05. The molecular weight excluding hydrogens is 326 g/mol. The summed E-state index contributed by atoms with van der Waals surface area (Å²) in [4.78, 5) is 31.1. The second-order valence-electron chi connectivity index (χ2n) is 5.83. The molecular formula is C21H19N3O2. The fraction of sp³-hybridized carbons (Fsp3) is 0.190. The number of aromatic amines is 1. The number of aromatic nitrogens is 2. The predicted molar refractivity (Wildman–Crippen MR) is 102 cm³/mol. The van der Waals surface area contributed by atoms with E-state index in [0.29, 0.717) is 42.5 Å². The first-order chi connectivity index (χ1) is 12.7. The summed E-state index contributed by atoms with van der Waals surface area (Å²) >= 11 is 0. The zero-order valence-corrected chi connectivity index (χ0v) is 14.3. The number of hydrogen-bond donors (Lipinski definition) is 2. The first-order valence-corrected chi connectivity index (χ1v) is 8.51. The number of fused-ring (bicyclic) bond motifs is 1. The Morgan fingerprint density at radius 3 is 2.69 bits per heavy atom. The highest BCUT2D eigenvalue weighted by atomic mass is 16.1. The summed E-state index contributed by atoms with van der Waals surface area (Å²) in [6.07, 6.45) is 1.52. The van der Waals surface area contributed by atoms with Crippen LogP contribution >= 0.6 is 0 Å². The number of amides is 1. The summed E-state index contributed by atoms with van der Waals surface area (Å²) in [7, 11) is 0. The third-order valence-electron chi connectivity index (χ3n) is 3.86. The zero-order chi connectivity index (χ0) is 18.2. The standard InChI is InChI=1S/C21H19N3O2/c25-20(22-15-7-10-16-8-2-1-3-9-16)14-6-13-19-23-18-12-5-4-11-17(18)21(26)24-19/h1-5,8-9,11-12H,6,13-15H2,(H,22,25)(H,23,24,26). The molecule has 5 heteroatoms. The molecule has 2 aromatic carbocycles. The Morgan fingerprint density at radius 2 is 1.85 bits per heavy atom. The number of para-hydroxylation sites is 1. The van der Waals surface area contributed by atoms with E-state index in [1.54, 1.807) is 6.07 Å². The van der Waals surface area contributed by atoms with E-state index in [0.717, 1.165) is 5.56 Å². The molecule has 0 atom stereocenters. The minimum atomic E-state index is -0.147. The van der Waals surface area contributed by atoms with Gasteiger partial charge >= 0.3 is 0 Å². The van der Waals surface area contributed by atoms with Crippen LogP contribution < -0.4 is 10.9 Å².